The number of benzene rings is 1. The lowest BCUT2D eigenvalue weighted by Gasteiger charge is -2.23. The molecule has 3 unspecified atom stereocenters. The standard InChI is InChI=1S/C17H24N2O2/c1-3-15-13(2)11-19(16(15)12-20)17(21)18-10-9-14-7-5-4-6-8-14/h4-8,12-13,15-16H,3,9-11H2,1-2H3,(H,18,21). The molecule has 2 rings (SSSR count). The molecule has 1 fully saturated rings. The first-order valence-electron chi connectivity index (χ1n) is 7.71. The van der Waals surface area contributed by atoms with Crippen LogP contribution in [0.5, 0.6) is 0 Å². The van der Waals surface area contributed by atoms with Crippen LogP contribution in [-0.4, -0.2) is 36.3 Å². The van der Waals surface area contributed by atoms with Crippen LogP contribution in [-0.2, 0) is 11.2 Å². The molecule has 1 heterocycles. The van der Waals surface area contributed by atoms with Crippen LogP contribution in [0.3, 0.4) is 0 Å². The van der Waals surface area contributed by atoms with Gasteiger partial charge in [-0.15, -0.1) is 0 Å². The average Bonchev–Trinajstić information content (AvgIpc) is 2.84. The Bertz CT molecular complexity index is 475. The van der Waals surface area contributed by atoms with Crippen molar-refractivity contribution in [2.45, 2.75) is 32.7 Å². The Labute approximate surface area is 126 Å². The first kappa shape index (κ1) is 15.5. The number of amides is 2. The van der Waals surface area contributed by atoms with Crippen molar-refractivity contribution in [1.82, 2.24) is 10.2 Å². The van der Waals surface area contributed by atoms with Gasteiger partial charge in [0, 0.05) is 13.1 Å². The maximum absolute atomic E-state index is 12.3. The molecule has 0 aliphatic carbocycles. The Morgan fingerprint density at radius 2 is 2.10 bits per heavy atom. The number of nitrogens with zero attached hydrogens (tertiary/aromatic N) is 1. The van der Waals surface area contributed by atoms with Crippen molar-refractivity contribution in [1.29, 1.82) is 0 Å². The van der Waals surface area contributed by atoms with Gasteiger partial charge in [-0.3, -0.25) is 0 Å². The van der Waals surface area contributed by atoms with E-state index in [1.807, 2.05) is 30.3 Å². The second kappa shape index (κ2) is 7.25. The Kier molecular flexibility index (Phi) is 5.37. The van der Waals surface area contributed by atoms with Crippen LogP contribution in [0.2, 0.25) is 0 Å². The molecule has 1 aliphatic heterocycles. The molecule has 1 aromatic carbocycles. The predicted molar refractivity (Wildman–Crippen MR) is 83.0 cm³/mol. The van der Waals surface area contributed by atoms with E-state index in [1.54, 1.807) is 4.90 Å². The number of hydrogen-bond donors (Lipinski definition) is 1. The molecule has 0 saturated carbocycles. The Morgan fingerprint density at radius 3 is 2.71 bits per heavy atom. The Hall–Kier alpha value is -1.84. The van der Waals surface area contributed by atoms with E-state index in [9.17, 15) is 9.59 Å². The van der Waals surface area contributed by atoms with E-state index in [0.29, 0.717) is 19.0 Å². The molecule has 0 bridgehead atoms. The van der Waals surface area contributed by atoms with Gasteiger partial charge < -0.3 is 15.0 Å². The zero-order chi connectivity index (χ0) is 15.2. The lowest BCUT2D eigenvalue weighted by Crippen LogP contribution is -2.45. The van der Waals surface area contributed by atoms with Crippen molar-refractivity contribution in [2.24, 2.45) is 11.8 Å². The number of aldehydes is 1. The van der Waals surface area contributed by atoms with Gasteiger partial charge in [-0.05, 0) is 23.8 Å². The molecule has 4 heteroatoms. The van der Waals surface area contributed by atoms with Crippen LogP contribution in [0.4, 0.5) is 4.79 Å². The van der Waals surface area contributed by atoms with Crippen molar-refractivity contribution in [3.05, 3.63) is 35.9 Å². The minimum Gasteiger partial charge on any atom is -0.338 e. The first-order chi connectivity index (χ1) is 10.2. The van der Waals surface area contributed by atoms with E-state index >= 15 is 0 Å². The topological polar surface area (TPSA) is 49.4 Å². The number of likely N-dealkylation sites (tertiary alicyclic amines) is 1. The Balaban J connectivity index is 1.87. The summed E-state index contributed by atoms with van der Waals surface area (Å²) in [5.74, 6) is 0.660. The summed E-state index contributed by atoms with van der Waals surface area (Å²) in [6.07, 6.45) is 2.66. The molecule has 3 atom stereocenters. The fourth-order valence-corrected chi connectivity index (χ4v) is 3.23. The van der Waals surface area contributed by atoms with Crippen molar-refractivity contribution in [3.8, 4) is 0 Å². The number of rotatable bonds is 5. The maximum Gasteiger partial charge on any atom is 0.318 e. The number of hydrogen-bond acceptors (Lipinski definition) is 2. The summed E-state index contributed by atoms with van der Waals surface area (Å²) in [4.78, 5) is 25.3. The highest BCUT2D eigenvalue weighted by Gasteiger charge is 2.40. The fraction of sp³-hybridized carbons (Fsp3) is 0.529. The summed E-state index contributed by atoms with van der Waals surface area (Å²) in [6.45, 7) is 5.45. The largest absolute Gasteiger partial charge is 0.338 e. The summed E-state index contributed by atoms with van der Waals surface area (Å²) in [5.41, 5.74) is 1.20. The summed E-state index contributed by atoms with van der Waals surface area (Å²) < 4.78 is 0. The summed E-state index contributed by atoms with van der Waals surface area (Å²) >= 11 is 0. The van der Waals surface area contributed by atoms with E-state index in [1.165, 1.54) is 5.56 Å². The molecule has 4 nitrogen and oxygen atoms in total. The molecule has 1 aromatic rings. The minimum absolute atomic E-state index is 0.120. The van der Waals surface area contributed by atoms with Crippen molar-refractivity contribution in [3.63, 3.8) is 0 Å². The molecule has 1 saturated heterocycles. The monoisotopic (exact) mass is 288 g/mol. The molecule has 0 radical (unpaired) electrons. The van der Waals surface area contributed by atoms with Crippen LogP contribution in [0.15, 0.2) is 30.3 Å². The van der Waals surface area contributed by atoms with Gasteiger partial charge in [-0.2, -0.15) is 0 Å². The van der Waals surface area contributed by atoms with Gasteiger partial charge in [0.25, 0.3) is 0 Å². The molecule has 21 heavy (non-hydrogen) atoms. The predicted octanol–water partition coefficient (Wildman–Crippen LogP) is 2.48. The second-order valence-corrected chi connectivity index (χ2v) is 5.80. The van der Waals surface area contributed by atoms with E-state index in [0.717, 1.165) is 19.1 Å². The smallest absolute Gasteiger partial charge is 0.318 e. The minimum atomic E-state index is -0.276. The summed E-state index contributed by atoms with van der Waals surface area (Å²) in [7, 11) is 0. The molecular weight excluding hydrogens is 264 g/mol. The van der Waals surface area contributed by atoms with Crippen LogP contribution >= 0.6 is 0 Å². The SMILES string of the molecule is CCC1C(C)CN(C(=O)NCCc2ccccc2)C1C=O. The number of urea groups is 1. The molecule has 1 N–H and O–H groups in total. The van der Waals surface area contributed by atoms with Gasteiger partial charge in [0.1, 0.15) is 6.29 Å². The van der Waals surface area contributed by atoms with Crippen molar-refractivity contribution < 1.29 is 9.59 Å². The van der Waals surface area contributed by atoms with Gasteiger partial charge in [0.05, 0.1) is 6.04 Å². The second-order valence-electron chi connectivity index (χ2n) is 5.80. The molecule has 2 amide bonds. The summed E-state index contributed by atoms with van der Waals surface area (Å²) in [5, 5.41) is 2.93. The Morgan fingerprint density at radius 1 is 1.38 bits per heavy atom. The van der Waals surface area contributed by atoms with Crippen LogP contribution in [0, 0.1) is 11.8 Å². The molecule has 0 spiro atoms. The first-order valence-corrected chi connectivity index (χ1v) is 7.71. The van der Waals surface area contributed by atoms with E-state index in [-0.39, 0.29) is 18.0 Å². The fourth-order valence-electron chi connectivity index (χ4n) is 3.23. The number of carbonyl (C=O) groups is 2. The zero-order valence-electron chi connectivity index (χ0n) is 12.8. The van der Waals surface area contributed by atoms with E-state index < -0.39 is 0 Å². The van der Waals surface area contributed by atoms with Crippen LogP contribution < -0.4 is 5.32 Å². The van der Waals surface area contributed by atoms with Gasteiger partial charge >= 0.3 is 6.03 Å². The van der Waals surface area contributed by atoms with Gasteiger partial charge in [-0.25, -0.2) is 4.79 Å². The third kappa shape index (κ3) is 3.63. The highest BCUT2D eigenvalue weighted by molar-refractivity contribution is 5.79. The van der Waals surface area contributed by atoms with E-state index in [2.05, 4.69) is 19.2 Å². The highest BCUT2D eigenvalue weighted by Crippen LogP contribution is 2.30. The third-order valence-corrected chi connectivity index (χ3v) is 4.42. The van der Waals surface area contributed by atoms with Crippen LogP contribution in [0.25, 0.3) is 0 Å². The number of carbonyl (C=O) groups excluding carboxylic acids is 2. The lowest BCUT2D eigenvalue weighted by molar-refractivity contribution is -0.111. The normalized spacial score (nSPS) is 24.9. The molecule has 114 valence electrons. The third-order valence-electron chi connectivity index (χ3n) is 4.42. The zero-order valence-corrected chi connectivity index (χ0v) is 12.8. The summed E-state index contributed by atoms with van der Waals surface area (Å²) in [6, 6.07) is 9.66. The van der Waals surface area contributed by atoms with E-state index in [4.69, 9.17) is 0 Å². The van der Waals surface area contributed by atoms with Gasteiger partial charge in [0.15, 0.2) is 0 Å². The molecule has 0 aromatic heterocycles. The molecule has 1 aliphatic rings. The molecular formula is C17H24N2O2. The lowest BCUT2D eigenvalue weighted by atomic mass is 9.90. The maximum atomic E-state index is 12.3. The average molecular weight is 288 g/mol. The van der Waals surface area contributed by atoms with Gasteiger partial charge in [-0.1, -0.05) is 50.6 Å². The van der Waals surface area contributed by atoms with Crippen molar-refractivity contribution >= 4 is 12.3 Å². The highest BCUT2D eigenvalue weighted by atomic mass is 16.2. The van der Waals surface area contributed by atoms with Gasteiger partial charge in [0.2, 0.25) is 0 Å². The number of nitrogens with one attached hydrogen (secondary N) is 1. The van der Waals surface area contributed by atoms with Crippen molar-refractivity contribution in [2.75, 3.05) is 13.1 Å². The van der Waals surface area contributed by atoms with Crippen LogP contribution in [0.1, 0.15) is 25.8 Å². The quantitative estimate of drug-likeness (QED) is 0.846.